The first kappa shape index (κ1) is 44.9. The number of hydrogen-bond acceptors (Lipinski definition) is 8. The predicted molar refractivity (Wildman–Crippen MR) is 212 cm³/mol. The lowest BCUT2D eigenvalue weighted by Crippen LogP contribution is -2.57. The van der Waals surface area contributed by atoms with Gasteiger partial charge in [0, 0.05) is 31.4 Å². The van der Waals surface area contributed by atoms with Crippen LogP contribution in [0.25, 0.3) is 0 Å². The Kier molecular flexibility index (Phi) is 18.3. The molecule has 7 amide bonds. The maximum atomic E-state index is 13.4. The molecule has 0 radical (unpaired) electrons. The number of carbonyl (C=O) groups excluding carboxylic acids is 7. The molecule has 56 heavy (non-hydrogen) atoms. The molecule has 3 saturated heterocycles. The predicted octanol–water partition coefficient (Wildman–Crippen LogP) is 3.28. The molecule has 3 fully saturated rings. The van der Waals surface area contributed by atoms with Gasteiger partial charge in [-0.1, -0.05) is 60.5 Å². The van der Waals surface area contributed by atoms with Crippen molar-refractivity contribution in [3.63, 3.8) is 0 Å². The average Bonchev–Trinajstić information content (AvgIpc) is 3.82. The number of primary amides is 1. The Balaban J connectivity index is 0.000000311. The minimum absolute atomic E-state index is 0.00954. The van der Waals surface area contributed by atoms with Crippen molar-refractivity contribution in [2.75, 3.05) is 38.1 Å². The molecule has 3 heterocycles. The van der Waals surface area contributed by atoms with Gasteiger partial charge in [-0.3, -0.25) is 24.0 Å². The van der Waals surface area contributed by atoms with Gasteiger partial charge in [-0.2, -0.15) is 0 Å². The Hall–Kier alpha value is -5.47. The van der Waals surface area contributed by atoms with Gasteiger partial charge in [-0.05, 0) is 84.3 Å². The number of urea groups is 1. The van der Waals surface area contributed by atoms with Crippen LogP contribution >= 0.6 is 0 Å². The largest absolute Gasteiger partial charge is 0.464 e. The van der Waals surface area contributed by atoms with E-state index in [2.05, 4.69) is 35.0 Å². The molecule has 5 rings (SSSR count). The smallest absolute Gasteiger partial charge is 0.328 e. The summed E-state index contributed by atoms with van der Waals surface area (Å²) < 4.78 is 5.30. The number of anilines is 1. The van der Waals surface area contributed by atoms with E-state index in [1.165, 1.54) is 10.5 Å². The number of nitrogens with two attached hydrogens (primary N) is 1. The highest BCUT2D eigenvalue weighted by molar-refractivity contribution is 5.93. The van der Waals surface area contributed by atoms with Gasteiger partial charge < -0.3 is 41.1 Å². The molecule has 15 heteroatoms. The third-order valence-corrected chi connectivity index (χ3v) is 9.57. The van der Waals surface area contributed by atoms with Gasteiger partial charge in [-0.15, -0.1) is 0 Å². The van der Waals surface area contributed by atoms with Gasteiger partial charge in [0.1, 0.15) is 24.7 Å². The van der Waals surface area contributed by atoms with Crippen molar-refractivity contribution >= 4 is 47.7 Å². The van der Waals surface area contributed by atoms with Crippen LogP contribution in [-0.4, -0.2) is 114 Å². The van der Waals surface area contributed by atoms with E-state index in [1.54, 1.807) is 21.9 Å². The Labute approximate surface area is 330 Å². The topological polar surface area (TPSA) is 201 Å². The number of carbonyl (C=O) groups is 7. The molecule has 306 valence electrons. The number of piperidine rings is 1. The Morgan fingerprint density at radius 1 is 0.857 bits per heavy atom. The zero-order valence-electron chi connectivity index (χ0n) is 33.3. The summed E-state index contributed by atoms with van der Waals surface area (Å²) in [5.74, 6) is -1.40. The van der Waals surface area contributed by atoms with Crippen LogP contribution in [0.5, 0.6) is 0 Å². The third-order valence-electron chi connectivity index (χ3n) is 9.57. The molecule has 0 saturated carbocycles. The second-order valence-corrected chi connectivity index (χ2v) is 14.8. The van der Waals surface area contributed by atoms with Gasteiger partial charge in [-0.25, -0.2) is 9.59 Å². The van der Waals surface area contributed by atoms with Gasteiger partial charge >= 0.3 is 12.0 Å². The first-order chi connectivity index (χ1) is 26.7. The second-order valence-electron chi connectivity index (χ2n) is 14.8. The molecule has 4 atom stereocenters. The minimum atomic E-state index is -0.600. The molecule has 2 aromatic rings. The highest BCUT2D eigenvalue weighted by Gasteiger charge is 2.41. The SMILES string of the molecule is CC1CC(C(=O)OCCC(=O)N2CCCC2C(=O)N2CCCCC2C(=O)NC(C)C)N(C=O)C1.Cc1ccc(NC(=O)NCC(N)=O)cc1.Cc1ccccc1. The van der Waals surface area contributed by atoms with E-state index in [4.69, 9.17) is 10.5 Å². The molecule has 15 nitrogen and oxygen atoms in total. The highest BCUT2D eigenvalue weighted by atomic mass is 16.5. The Morgan fingerprint density at radius 3 is 2.11 bits per heavy atom. The van der Waals surface area contributed by atoms with Gasteiger partial charge in [0.25, 0.3) is 0 Å². The van der Waals surface area contributed by atoms with Crippen LogP contribution in [0.15, 0.2) is 54.6 Å². The van der Waals surface area contributed by atoms with Crippen LogP contribution in [0.2, 0.25) is 0 Å². The summed E-state index contributed by atoms with van der Waals surface area (Å²) in [5.41, 5.74) is 7.97. The number of likely N-dealkylation sites (tertiary alicyclic amines) is 3. The summed E-state index contributed by atoms with van der Waals surface area (Å²) in [6, 6.07) is 15.4. The lowest BCUT2D eigenvalue weighted by atomic mass is 9.99. The number of aryl methyl sites for hydroxylation is 2. The first-order valence-corrected chi connectivity index (χ1v) is 19.4. The summed E-state index contributed by atoms with van der Waals surface area (Å²) in [4.78, 5) is 88.7. The van der Waals surface area contributed by atoms with Crippen molar-refractivity contribution in [1.82, 2.24) is 25.3 Å². The molecule has 2 aromatic carbocycles. The molecule has 4 unspecified atom stereocenters. The number of benzene rings is 2. The van der Waals surface area contributed by atoms with Crippen molar-refractivity contribution in [2.24, 2.45) is 11.7 Å². The quantitative estimate of drug-likeness (QED) is 0.197. The van der Waals surface area contributed by atoms with Crippen LogP contribution in [0.4, 0.5) is 10.5 Å². The molecule has 0 bridgehead atoms. The van der Waals surface area contributed by atoms with Crippen molar-refractivity contribution in [2.45, 2.75) is 104 Å². The van der Waals surface area contributed by atoms with Crippen LogP contribution in [0, 0.1) is 19.8 Å². The van der Waals surface area contributed by atoms with Crippen LogP contribution in [0.3, 0.4) is 0 Å². The number of hydrogen-bond donors (Lipinski definition) is 4. The monoisotopic (exact) mass is 777 g/mol. The minimum Gasteiger partial charge on any atom is -0.464 e. The summed E-state index contributed by atoms with van der Waals surface area (Å²) >= 11 is 0. The third kappa shape index (κ3) is 14.6. The number of nitrogens with zero attached hydrogens (tertiary/aromatic N) is 3. The van der Waals surface area contributed by atoms with Crippen molar-refractivity contribution < 1.29 is 38.3 Å². The Bertz CT molecular complexity index is 1620. The number of nitrogens with one attached hydrogen (secondary N) is 3. The molecular formula is C41H59N7O8. The van der Waals surface area contributed by atoms with Crippen molar-refractivity contribution in [1.29, 1.82) is 0 Å². The lowest BCUT2D eigenvalue weighted by Gasteiger charge is -2.38. The fourth-order valence-corrected chi connectivity index (χ4v) is 6.78. The van der Waals surface area contributed by atoms with Gasteiger partial charge in [0.2, 0.25) is 30.0 Å². The molecule has 0 spiro atoms. The van der Waals surface area contributed by atoms with Crippen LogP contribution in [-0.2, 0) is 33.5 Å². The standard InChI is InChI=1S/C24H38N4O6.C10H13N3O2.C7H8/c1-16(2)25-22(31)18-7-4-5-10-28(18)23(32)19-8-6-11-27(19)21(30)9-12-34-24(33)20-13-17(3)14-26(20)15-29;1-7-2-4-8(5-3-7)13-10(15)12-6-9(11)14;1-7-5-3-2-4-6-7/h15-20H,4-14H2,1-3H3,(H,25,31);2-5H,6H2,1H3,(H2,11,14)(H2,12,13,15);2-6H,1H3. The lowest BCUT2D eigenvalue weighted by molar-refractivity contribution is -0.153. The van der Waals surface area contributed by atoms with E-state index in [9.17, 15) is 33.6 Å². The maximum absolute atomic E-state index is 13.4. The number of rotatable bonds is 11. The second kappa shape index (κ2) is 22.8. The Morgan fingerprint density at radius 2 is 1.50 bits per heavy atom. The van der Waals surface area contributed by atoms with E-state index < -0.39 is 36.0 Å². The van der Waals surface area contributed by atoms with Crippen molar-refractivity contribution in [3.8, 4) is 0 Å². The molecule has 3 aliphatic heterocycles. The molecule has 5 N–H and O–H groups in total. The van der Waals surface area contributed by atoms with E-state index >= 15 is 0 Å². The average molecular weight is 778 g/mol. The normalized spacial score (nSPS) is 20.1. The zero-order chi connectivity index (χ0) is 41.2. The van der Waals surface area contributed by atoms with E-state index in [0.29, 0.717) is 57.4 Å². The fraction of sp³-hybridized carbons (Fsp3) is 0.537. The number of esters is 1. The van der Waals surface area contributed by atoms with E-state index in [1.807, 2.05) is 58.0 Å². The van der Waals surface area contributed by atoms with Crippen molar-refractivity contribution in [3.05, 3.63) is 65.7 Å². The molecule has 0 aromatic heterocycles. The zero-order valence-corrected chi connectivity index (χ0v) is 33.3. The van der Waals surface area contributed by atoms with Gasteiger partial charge in [0.05, 0.1) is 13.0 Å². The summed E-state index contributed by atoms with van der Waals surface area (Å²) in [6.07, 6.45) is 4.83. The van der Waals surface area contributed by atoms with Crippen LogP contribution < -0.4 is 21.7 Å². The number of amides is 7. The fourth-order valence-electron chi connectivity index (χ4n) is 6.78. The van der Waals surface area contributed by atoms with E-state index in [0.717, 1.165) is 18.4 Å². The summed E-state index contributed by atoms with van der Waals surface area (Å²) in [6.45, 7) is 11.0. The van der Waals surface area contributed by atoms with Gasteiger partial charge in [0.15, 0.2) is 0 Å². The highest BCUT2D eigenvalue weighted by Crippen LogP contribution is 2.26. The molecule has 3 aliphatic rings. The summed E-state index contributed by atoms with van der Waals surface area (Å²) in [5, 5.41) is 7.79. The number of ether oxygens (including phenoxy) is 1. The first-order valence-electron chi connectivity index (χ1n) is 19.4. The molecule has 0 aliphatic carbocycles. The van der Waals surface area contributed by atoms with Crippen LogP contribution in [0.1, 0.15) is 76.8 Å². The molecular weight excluding hydrogens is 718 g/mol. The van der Waals surface area contributed by atoms with E-state index in [-0.39, 0.29) is 49.3 Å². The summed E-state index contributed by atoms with van der Waals surface area (Å²) in [7, 11) is 0. The maximum Gasteiger partial charge on any atom is 0.328 e.